The third-order valence-electron chi connectivity index (χ3n) is 6.33. The third-order valence-corrected chi connectivity index (χ3v) is 7.62. The zero-order chi connectivity index (χ0) is 15.4. The fourth-order valence-electron chi connectivity index (χ4n) is 5.75. The highest BCUT2D eigenvalue weighted by atomic mass is 32.1. The smallest absolute Gasteiger partial charge is 0.150 e. The van der Waals surface area contributed by atoms with Gasteiger partial charge in [-0.25, -0.2) is 4.98 Å². The lowest BCUT2D eigenvalue weighted by Crippen LogP contribution is -2.48. The van der Waals surface area contributed by atoms with Gasteiger partial charge in [0.1, 0.15) is 6.29 Å². The van der Waals surface area contributed by atoms with Crippen LogP contribution >= 0.6 is 11.3 Å². The molecule has 23 heavy (non-hydrogen) atoms. The molecule has 0 aliphatic heterocycles. The van der Waals surface area contributed by atoms with Crippen molar-refractivity contribution in [1.82, 2.24) is 4.98 Å². The molecule has 1 heterocycles. The van der Waals surface area contributed by atoms with E-state index in [1.807, 2.05) is 35.6 Å². The van der Waals surface area contributed by atoms with Crippen molar-refractivity contribution < 1.29 is 4.79 Å². The molecular weight excluding hydrogens is 302 g/mol. The van der Waals surface area contributed by atoms with Gasteiger partial charge in [-0.05, 0) is 61.8 Å². The van der Waals surface area contributed by atoms with Gasteiger partial charge in [-0.1, -0.05) is 24.3 Å². The number of thiazole rings is 1. The quantitative estimate of drug-likeness (QED) is 0.736. The maximum atomic E-state index is 10.8. The number of benzene rings is 1. The van der Waals surface area contributed by atoms with Crippen LogP contribution in [0.5, 0.6) is 0 Å². The molecule has 6 rings (SSSR count). The topological polar surface area (TPSA) is 30.0 Å². The lowest BCUT2D eigenvalue weighted by Gasteiger charge is -2.56. The van der Waals surface area contributed by atoms with Crippen molar-refractivity contribution in [2.75, 3.05) is 0 Å². The fraction of sp³-hybridized carbons (Fsp3) is 0.500. The summed E-state index contributed by atoms with van der Waals surface area (Å²) in [5, 5.41) is 1.38. The first-order chi connectivity index (χ1) is 11.2. The zero-order valence-corrected chi connectivity index (χ0v) is 14.0. The van der Waals surface area contributed by atoms with Gasteiger partial charge in [-0.3, -0.25) is 4.79 Å². The van der Waals surface area contributed by atoms with Crippen LogP contribution in [-0.4, -0.2) is 11.3 Å². The Balaban J connectivity index is 1.48. The molecule has 1 aromatic heterocycles. The Morgan fingerprint density at radius 3 is 2.17 bits per heavy atom. The van der Waals surface area contributed by atoms with Crippen LogP contribution in [0.2, 0.25) is 0 Å². The van der Waals surface area contributed by atoms with Crippen LogP contribution in [0.4, 0.5) is 0 Å². The lowest BCUT2D eigenvalue weighted by molar-refractivity contribution is -0.00527. The molecule has 1 aromatic carbocycles. The minimum atomic E-state index is 0.389. The van der Waals surface area contributed by atoms with Gasteiger partial charge < -0.3 is 0 Å². The van der Waals surface area contributed by atoms with Crippen LogP contribution in [0.3, 0.4) is 0 Å². The van der Waals surface area contributed by atoms with Crippen molar-refractivity contribution in [1.29, 1.82) is 0 Å². The van der Waals surface area contributed by atoms with Gasteiger partial charge in [0, 0.05) is 17.2 Å². The summed E-state index contributed by atoms with van der Waals surface area (Å²) in [4.78, 5) is 16.9. The molecule has 0 amide bonds. The fourth-order valence-corrected chi connectivity index (χ4v) is 6.89. The molecule has 0 radical (unpaired) electrons. The van der Waals surface area contributed by atoms with E-state index >= 15 is 0 Å². The third kappa shape index (κ3) is 2.20. The number of carbonyl (C=O) groups is 1. The summed E-state index contributed by atoms with van der Waals surface area (Å²) < 4.78 is 0. The average molecular weight is 323 g/mol. The first-order valence-electron chi connectivity index (χ1n) is 8.76. The Morgan fingerprint density at radius 2 is 1.61 bits per heavy atom. The number of carbonyl (C=O) groups excluding carboxylic acids is 1. The van der Waals surface area contributed by atoms with Crippen molar-refractivity contribution in [3.63, 3.8) is 0 Å². The molecular formula is C20H21NOS. The van der Waals surface area contributed by atoms with Crippen molar-refractivity contribution in [3.05, 3.63) is 41.0 Å². The van der Waals surface area contributed by atoms with Crippen molar-refractivity contribution in [2.45, 2.75) is 43.9 Å². The van der Waals surface area contributed by atoms with E-state index in [-0.39, 0.29) is 0 Å². The predicted octanol–water partition coefficient (Wildman–Crippen LogP) is 5.09. The van der Waals surface area contributed by atoms with Crippen LogP contribution in [0.25, 0.3) is 10.4 Å². The molecule has 4 saturated carbocycles. The van der Waals surface area contributed by atoms with E-state index in [2.05, 4.69) is 6.20 Å². The highest BCUT2D eigenvalue weighted by Gasteiger charge is 2.52. The van der Waals surface area contributed by atoms with Gasteiger partial charge in [0.05, 0.1) is 9.88 Å². The average Bonchev–Trinajstić information content (AvgIpc) is 3.04. The molecule has 118 valence electrons. The number of hydrogen-bond acceptors (Lipinski definition) is 3. The molecule has 4 aliphatic carbocycles. The van der Waals surface area contributed by atoms with Crippen LogP contribution in [0, 0.1) is 17.8 Å². The van der Waals surface area contributed by atoms with Crippen LogP contribution in [-0.2, 0) is 5.41 Å². The number of aromatic nitrogens is 1. The summed E-state index contributed by atoms with van der Waals surface area (Å²) in [5.41, 5.74) is 2.31. The molecule has 0 spiro atoms. The van der Waals surface area contributed by atoms with E-state index in [4.69, 9.17) is 4.98 Å². The van der Waals surface area contributed by atoms with Gasteiger partial charge in [0.25, 0.3) is 0 Å². The normalized spacial score (nSPS) is 34.7. The number of aldehydes is 1. The number of nitrogens with zero attached hydrogens (tertiary/aromatic N) is 1. The molecule has 0 atom stereocenters. The molecule has 0 saturated heterocycles. The van der Waals surface area contributed by atoms with E-state index in [1.165, 1.54) is 54.0 Å². The van der Waals surface area contributed by atoms with Gasteiger partial charge in [0.15, 0.2) is 0 Å². The molecule has 3 heteroatoms. The Hall–Kier alpha value is -1.48. The number of rotatable bonds is 3. The van der Waals surface area contributed by atoms with Gasteiger partial charge >= 0.3 is 0 Å². The molecule has 4 bridgehead atoms. The summed E-state index contributed by atoms with van der Waals surface area (Å²) in [5.74, 6) is 2.88. The van der Waals surface area contributed by atoms with Gasteiger partial charge in [-0.15, -0.1) is 11.3 Å². The number of hydrogen-bond donors (Lipinski definition) is 0. The minimum Gasteiger partial charge on any atom is -0.298 e. The van der Waals surface area contributed by atoms with E-state index in [0.717, 1.165) is 29.6 Å². The van der Waals surface area contributed by atoms with Gasteiger partial charge in [0.2, 0.25) is 0 Å². The predicted molar refractivity (Wildman–Crippen MR) is 92.8 cm³/mol. The second-order valence-corrected chi connectivity index (χ2v) is 9.00. The van der Waals surface area contributed by atoms with Crippen molar-refractivity contribution in [2.24, 2.45) is 17.8 Å². The first-order valence-corrected chi connectivity index (χ1v) is 9.58. The van der Waals surface area contributed by atoms with E-state index in [9.17, 15) is 4.79 Å². The molecule has 4 fully saturated rings. The second kappa shape index (κ2) is 5.01. The molecule has 2 nitrogen and oxygen atoms in total. The summed E-state index contributed by atoms with van der Waals surface area (Å²) in [6.45, 7) is 0. The standard InChI is InChI=1S/C20H21NOS/c22-12-13-1-3-17(4-2-13)18-11-21-19(23-18)20-8-14-5-15(9-20)7-16(6-14)10-20/h1-4,11-12,14-16H,5-10H2. The van der Waals surface area contributed by atoms with Crippen LogP contribution in [0.15, 0.2) is 30.5 Å². The zero-order valence-electron chi connectivity index (χ0n) is 13.2. The summed E-state index contributed by atoms with van der Waals surface area (Å²) in [7, 11) is 0. The molecule has 2 aromatic rings. The van der Waals surface area contributed by atoms with E-state index in [1.54, 1.807) is 0 Å². The van der Waals surface area contributed by atoms with E-state index < -0.39 is 0 Å². The van der Waals surface area contributed by atoms with Crippen LogP contribution < -0.4 is 0 Å². The Morgan fingerprint density at radius 1 is 1.00 bits per heavy atom. The van der Waals surface area contributed by atoms with Crippen molar-refractivity contribution in [3.8, 4) is 10.4 Å². The van der Waals surface area contributed by atoms with Crippen molar-refractivity contribution >= 4 is 17.6 Å². The first kappa shape index (κ1) is 13.9. The highest BCUT2D eigenvalue weighted by molar-refractivity contribution is 7.15. The SMILES string of the molecule is O=Cc1ccc(-c2cnc(C34CC5CC(CC(C5)C3)C4)s2)cc1. The molecule has 0 unspecified atom stereocenters. The maximum Gasteiger partial charge on any atom is 0.150 e. The maximum absolute atomic E-state index is 10.8. The summed E-state index contributed by atoms with van der Waals surface area (Å²) >= 11 is 1.89. The lowest BCUT2D eigenvalue weighted by atomic mass is 9.50. The molecule has 0 N–H and O–H groups in total. The van der Waals surface area contributed by atoms with E-state index in [0.29, 0.717) is 5.41 Å². The minimum absolute atomic E-state index is 0.389. The Kier molecular flexibility index (Phi) is 3.03. The molecule has 4 aliphatic rings. The van der Waals surface area contributed by atoms with Gasteiger partial charge in [-0.2, -0.15) is 0 Å². The monoisotopic (exact) mass is 323 g/mol. The summed E-state index contributed by atoms with van der Waals surface area (Å²) in [6.07, 6.45) is 11.5. The highest BCUT2D eigenvalue weighted by Crippen LogP contribution is 2.61. The Labute approximate surface area is 141 Å². The second-order valence-electron chi connectivity index (χ2n) is 7.97. The largest absolute Gasteiger partial charge is 0.298 e. The summed E-state index contributed by atoms with van der Waals surface area (Å²) in [6, 6.07) is 7.88. The Bertz CT molecular complexity index is 710. The van der Waals surface area contributed by atoms with Crippen LogP contribution in [0.1, 0.15) is 53.9 Å².